The highest BCUT2D eigenvalue weighted by Crippen LogP contribution is 2.23. The van der Waals surface area contributed by atoms with Gasteiger partial charge >= 0.3 is 0 Å². The van der Waals surface area contributed by atoms with Crippen LogP contribution in [0.1, 0.15) is 23.4 Å². The van der Waals surface area contributed by atoms with Crippen molar-refractivity contribution in [3.05, 3.63) is 71.4 Å². The molecule has 138 valence electrons. The normalized spacial score (nSPS) is 14.9. The zero-order valence-corrected chi connectivity index (χ0v) is 15.4. The first-order valence-electron chi connectivity index (χ1n) is 8.93. The molecule has 0 aliphatic carbocycles. The summed E-state index contributed by atoms with van der Waals surface area (Å²) in [6.45, 7) is 1.25. The van der Waals surface area contributed by atoms with Crippen molar-refractivity contribution in [3.8, 4) is 17.0 Å². The van der Waals surface area contributed by atoms with Gasteiger partial charge in [0.15, 0.2) is 0 Å². The minimum absolute atomic E-state index is 0.0878. The summed E-state index contributed by atoms with van der Waals surface area (Å²) in [6, 6.07) is 18.7. The van der Waals surface area contributed by atoms with Crippen LogP contribution in [-0.2, 0) is 0 Å². The second kappa shape index (κ2) is 7.84. The summed E-state index contributed by atoms with van der Waals surface area (Å²) >= 11 is 5.89. The van der Waals surface area contributed by atoms with Gasteiger partial charge < -0.3 is 14.2 Å². The van der Waals surface area contributed by atoms with Crippen LogP contribution < -0.4 is 4.74 Å². The number of benzene rings is 2. The van der Waals surface area contributed by atoms with E-state index < -0.39 is 0 Å². The van der Waals surface area contributed by atoms with Crippen molar-refractivity contribution in [1.29, 1.82) is 0 Å². The molecule has 0 unspecified atom stereocenters. The van der Waals surface area contributed by atoms with Gasteiger partial charge in [0.1, 0.15) is 17.5 Å². The van der Waals surface area contributed by atoms with Crippen molar-refractivity contribution in [3.63, 3.8) is 0 Å². The lowest BCUT2D eigenvalue weighted by Gasteiger charge is -2.31. The minimum atomic E-state index is -0.130. The smallest absolute Gasteiger partial charge is 0.292 e. The van der Waals surface area contributed by atoms with E-state index in [1.54, 1.807) is 11.0 Å². The maximum Gasteiger partial charge on any atom is 0.292 e. The highest BCUT2D eigenvalue weighted by Gasteiger charge is 2.27. The van der Waals surface area contributed by atoms with E-state index in [0.29, 0.717) is 23.8 Å². The molecule has 1 fully saturated rings. The molecule has 2 heterocycles. The number of likely N-dealkylation sites (tertiary alicyclic amines) is 1. The molecule has 1 aliphatic heterocycles. The fourth-order valence-corrected chi connectivity index (χ4v) is 3.29. The van der Waals surface area contributed by atoms with Gasteiger partial charge in [-0.15, -0.1) is 0 Å². The standard InChI is InChI=1S/C21H19ClN2O3/c22-16-6-8-17(9-7-16)26-18-10-12-24(13-11-18)21(25)20-14-19(23-27-20)15-4-2-1-3-5-15/h1-9,14,18H,10-13H2. The molecule has 0 bridgehead atoms. The van der Waals surface area contributed by atoms with Crippen molar-refractivity contribution < 1.29 is 14.1 Å². The van der Waals surface area contributed by atoms with Gasteiger partial charge in [-0.1, -0.05) is 47.1 Å². The largest absolute Gasteiger partial charge is 0.490 e. The number of carbonyl (C=O) groups is 1. The summed E-state index contributed by atoms with van der Waals surface area (Å²) in [5.74, 6) is 0.937. The predicted molar refractivity (Wildman–Crippen MR) is 103 cm³/mol. The Morgan fingerprint density at radius 2 is 1.78 bits per heavy atom. The number of piperidine rings is 1. The molecule has 0 radical (unpaired) electrons. The zero-order valence-electron chi connectivity index (χ0n) is 14.7. The Balaban J connectivity index is 1.35. The van der Waals surface area contributed by atoms with Crippen LogP contribution in [0.5, 0.6) is 5.75 Å². The molecule has 6 heteroatoms. The van der Waals surface area contributed by atoms with Crippen molar-refractivity contribution in [2.75, 3.05) is 13.1 Å². The molecule has 0 spiro atoms. The molecular weight excluding hydrogens is 364 g/mol. The van der Waals surface area contributed by atoms with E-state index in [4.69, 9.17) is 20.9 Å². The summed E-state index contributed by atoms with van der Waals surface area (Å²) < 4.78 is 11.3. The van der Waals surface area contributed by atoms with Gasteiger partial charge in [0.2, 0.25) is 5.76 Å². The maximum absolute atomic E-state index is 12.7. The molecule has 0 N–H and O–H groups in total. The van der Waals surface area contributed by atoms with Crippen molar-refractivity contribution in [2.24, 2.45) is 0 Å². The fraction of sp³-hybridized carbons (Fsp3) is 0.238. The lowest BCUT2D eigenvalue weighted by Crippen LogP contribution is -2.41. The Morgan fingerprint density at radius 3 is 2.48 bits per heavy atom. The topological polar surface area (TPSA) is 55.6 Å². The SMILES string of the molecule is O=C(c1cc(-c2ccccc2)no1)N1CCC(Oc2ccc(Cl)cc2)CC1. The third kappa shape index (κ3) is 4.14. The molecule has 1 saturated heterocycles. The number of aromatic nitrogens is 1. The van der Waals surface area contributed by atoms with Crippen LogP contribution >= 0.6 is 11.6 Å². The third-order valence-electron chi connectivity index (χ3n) is 4.64. The number of halogens is 1. The van der Waals surface area contributed by atoms with E-state index >= 15 is 0 Å². The second-order valence-corrected chi connectivity index (χ2v) is 6.94. The molecule has 1 amide bonds. The Kier molecular flexibility index (Phi) is 5.12. The van der Waals surface area contributed by atoms with Crippen LogP contribution in [0.15, 0.2) is 65.2 Å². The molecule has 0 atom stereocenters. The van der Waals surface area contributed by atoms with E-state index in [1.807, 2.05) is 54.6 Å². The Hall–Kier alpha value is -2.79. The van der Waals surface area contributed by atoms with Gasteiger partial charge in [0.25, 0.3) is 5.91 Å². The first kappa shape index (κ1) is 17.6. The fourth-order valence-electron chi connectivity index (χ4n) is 3.16. The van der Waals surface area contributed by atoms with E-state index in [0.717, 1.165) is 24.2 Å². The van der Waals surface area contributed by atoms with Crippen LogP contribution in [0, 0.1) is 0 Å². The summed E-state index contributed by atoms with van der Waals surface area (Å²) in [5, 5.41) is 4.71. The monoisotopic (exact) mass is 382 g/mol. The van der Waals surface area contributed by atoms with Crippen LogP contribution in [0.2, 0.25) is 5.02 Å². The van der Waals surface area contributed by atoms with Gasteiger partial charge in [-0.05, 0) is 24.3 Å². The molecule has 1 aliphatic rings. The molecule has 2 aromatic carbocycles. The number of amides is 1. The first-order chi connectivity index (χ1) is 13.2. The highest BCUT2D eigenvalue weighted by molar-refractivity contribution is 6.30. The lowest BCUT2D eigenvalue weighted by atomic mass is 10.1. The lowest BCUT2D eigenvalue weighted by molar-refractivity contribution is 0.0558. The molecule has 3 aromatic rings. The molecular formula is C21H19ClN2O3. The average Bonchev–Trinajstić information content (AvgIpc) is 3.21. The second-order valence-electron chi connectivity index (χ2n) is 6.51. The van der Waals surface area contributed by atoms with Crippen LogP contribution in [0.4, 0.5) is 0 Å². The van der Waals surface area contributed by atoms with Gasteiger partial charge in [-0.25, -0.2) is 0 Å². The molecule has 1 aromatic heterocycles. The minimum Gasteiger partial charge on any atom is -0.490 e. The van der Waals surface area contributed by atoms with E-state index in [9.17, 15) is 4.79 Å². The number of hydrogen-bond acceptors (Lipinski definition) is 4. The van der Waals surface area contributed by atoms with Crippen molar-refractivity contribution >= 4 is 17.5 Å². The van der Waals surface area contributed by atoms with Gasteiger partial charge in [-0.2, -0.15) is 0 Å². The van der Waals surface area contributed by atoms with Crippen LogP contribution in [0.25, 0.3) is 11.3 Å². The summed E-state index contributed by atoms with van der Waals surface area (Å²) in [7, 11) is 0. The number of hydrogen-bond donors (Lipinski definition) is 0. The number of ether oxygens (including phenoxy) is 1. The molecule has 4 rings (SSSR count). The number of nitrogens with zero attached hydrogens (tertiary/aromatic N) is 2. The number of carbonyl (C=O) groups excluding carboxylic acids is 1. The number of rotatable bonds is 4. The Morgan fingerprint density at radius 1 is 1.07 bits per heavy atom. The summed E-state index contributed by atoms with van der Waals surface area (Å²) in [6.07, 6.45) is 1.63. The molecule has 5 nitrogen and oxygen atoms in total. The van der Waals surface area contributed by atoms with Gasteiger partial charge in [0.05, 0.1) is 0 Å². The van der Waals surface area contributed by atoms with E-state index in [-0.39, 0.29) is 17.8 Å². The highest BCUT2D eigenvalue weighted by atomic mass is 35.5. The maximum atomic E-state index is 12.7. The first-order valence-corrected chi connectivity index (χ1v) is 9.30. The third-order valence-corrected chi connectivity index (χ3v) is 4.89. The van der Waals surface area contributed by atoms with Crippen molar-refractivity contribution in [1.82, 2.24) is 10.1 Å². The van der Waals surface area contributed by atoms with E-state index in [1.165, 1.54) is 0 Å². The van der Waals surface area contributed by atoms with Crippen molar-refractivity contribution in [2.45, 2.75) is 18.9 Å². The summed E-state index contributed by atoms with van der Waals surface area (Å²) in [4.78, 5) is 14.5. The molecule has 0 saturated carbocycles. The molecule has 27 heavy (non-hydrogen) atoms. The van der Waals surface area contributed by atoms with Crippen LogP contribution in [0.3, 0.4) is 0 Å². The Labute approximate surface area is 162 Å². The zero-order chi connectivity index (χ0) is 18.6. The van der Waals surface area contributed by atoms with Gasteiger partial charge in [-0.3, -0.25) is 4.79 Å². The van der Waals surface area contributed by atoms with Crippen LogP contribution in [-0.4, -0.2) is 35.2 Å². The van der Waals surface area contributed by atoms with E-state index in [2.05, 4.69) is 5.16 Å². The predicted octanol–water partition coefficient (Wildman–Crippen LogP) is 4.68. The van der Waals surface area contributed by atoms with Gasteiger partial charge in [0, 0.05) is 42.6 Å². The average molecular weight is 383 g/mol. The Bertz CT molecular complexity index is 901. The quantitative estimate of drug-likeness (QED) is 0.657. The summed E-state index contributed by atoms with van der Waals surface area (Å²) in [5.41, 5.74) is 1.59.